The highest BCUT2D eigenvalue weighted by Crippen LogP contribution is 2.37. The zero-order valence-corrected chi connectivity index (χ0v) is 22.7. The number of benzene rings is 3. The molecule has 1 unspecified atom stereocenters. The van der Waals surface area contributed by atoms with Crippen LogP contribution >= 0.6 is 0 Å². The maximum Gasteiger partial charge on any atom is 0.201 e. The van der Waals surface area contributed by atoms with Gasteiger partial charge in [0.15, 0.2) is 23.2 Å². The SMILES string of the molecule is CCCOc1ccc(-c2ccc(C3=CCC(C=CCCc4ccc(CCC)cc4)CC3)c(F)c2F)c(F)c1F. The molecule has 4 rings (SSSR count). The van der Waals surface area contributed by atoms with Gasteiger partial charge in [-0.1, -0.05) is 74.9 Å². The van der Waals surface area contributed by atoms with Crippen LogP contribution in [0, 0.1) is 29.2 Å². The Labute approximate surface area is 229 Å². The van der Waals surface area contributed by atoms with Crippen molar-refractivity contribution in [3.8, 4) is 16.9 Å². The molecular weight excluding hydrogens is 500 g/mol. The lowest BCUT2D eigenvalue weighted by Crippen LogP contribution is -2.06. The van der Waals surface area contributed by atoms with E-state index in [-0.39, 0.29) is 29.0 Å². The minimum absolute atomic E-state index is 0.175. The summed E-state index contributed by atoms with van der Waals surface area (Å²) in [6.45, 7) is 4.26. The average molecular weight is 537 g/mol. The second-order valence-corrected chi connectivity index (χ2v) is 10.2. The van der Waals surface area contributed by atoms with E-state index in [9.17, 15) is 8.78 Å². The van der Waals surface area contributed by atoms with Gasteiger partial charge in [0.1, 0.15) is 0 Å². The van der Waals surface area contributed by atoms with Crippen molar-refractivity contribution in [2.24, 2.45) is 5.92 Å². The van der Waals surface area contributed by atoms with Crippen molar-refractivity contribution in [3.05, 3.63) is 107 Å². The standard InChI is InChI=1S/C34H36F4O/c1-3-7-23-10-12-24(13-11-23)8-5-6-9-25-14-16-26(17-15-25)27-18-19-28(32(36)31(27)35)29-20-21-30(39-22-4-2)34(38)33(29)37/h6,9-13,16,18-21,25H,3-5,7-8,14-15,17,22H2,1-2H3. The molecule has 39 heavy (non-hydrogen) atoms. The highest BCUT2D eigenvalue weighted by Gasteiger charge is 2.23. The highest BCUT2D eigenvalue weighted by molar-refractivity contribution is 5.72. The Kier molecular flexibility index (Phi) is 10.0. The zero-order chi connectivity index (χ0) is 27.8. The van der Waals surface area contributed by atoms with Crippen molar-refractivity contribution in [1.29, 1.82) is 0 Å². The lowest BCUT2D eigenvalue weighted by molar-refractivity contribution is 0.295. The number of halogens is 4. The van der Waals surface area contributed by atoms with Crippen LogP contribution in [-0.2, 0) is 12.8 Å². The van der Waals surface area contributed by atoms with Crippen LogP contribution in [0.15, 0.2) is 66.8 Å². The molecule has 3 aromatic carbocycles. The lowest BCUT2D eigenvalue weighted by atomic mass is 9.85. The van der Waals surface area contributed by atoms with Crippen LogP contribution in [0.4, 0.5) is 17.6 Å². The second-order valence-electron chi connectivity index (χ2n) is 10.2. The minimum atomic E-state index is -1.25. The minimum Gasteiger partial charge on any atom is -0.490 e. The van der Waals surface area contributed by atoms with Crippen molar-refractivity contribution in [2.45, 2.75) is 65.2 Å². The summed E-state index contributed by atoms with van der Waals surface area (Å²) in [7, 11) is 0. The number of allylic oxidation sites excluding steroid dienone is 4. The van der Waals surface area contributed by atoms with Crippen LogP contribution in [-0.4, -0.2) is 6.61 Å². The topological polar surface area (TPSA) is 9.23 Å². The maximum atomic E-state index is 15.1. The number of rotatable bonds is 11. The van der Waals surface area contributed by atoms with Crippen LogP contribution in [0.3, 0.4) is 0 Å². The third-order valence-electron chi connectivity index (χ3n) is 7.25. The van der Waals surface area contributed by atoms with Crippen LogP contribution in [0.2, 0.25) is 0 Å². The Morgan fingerprint density at radius 3 is 2.00 bits per heavy atom. The number of ether oxygens (including phenoxy) is 1. The van der Waals surface area contributed by atoms with Gasteiger partial charge < -0.3 is 4.74 Å². The van der Waals surface area contributed by atoms with E-state index in [2.05, 4.69) is 43.3 Å². The third-order valence-corrected chi connectivity index (χ3v) is 7.25. The quantitative estimate of drug-likeness (QED) is 0.175. The molecule has 0 heterocycles. The maximum absolute atomic E-state index is 15.1. The summed E-state index contributed by atoms with van der Waals surface area (Å²) in [6, 6.07) is 14.1. The van der Waals surface area contributed by atoms with Gasteiger partial charge in [-0.25, -0.2) is 13.2 Å². The predicted molar refractivity (Wildman–Crippen MR) is 151 cm³/mol. The number of hydrogen-bond acceptors (Lipinski definition) is 1. The molecule has 0 bridgehead atoms. The van der Waals surface area contributed by atoms with Gasteiger partial charge in [0.05, 0.1) is 6.61 Å². The molecule has 1 nitrogen and oxygen atoms in total. The predicted octanol–water partition coefficient (Wildman–Crippen LogP) is 10.0. The fraction of sp³-hybridized carbons (Fsp3) is 0.353. The van der Waals surface area contributed by atoms with Crippen LogP contribution in [0.1, 0.15) is 69.1 Å². The van der Waals surface area contributed by atoms with Gasteiger partial charge >= 0.3 is 0 Å². The van der Waals surface area contributed by atoms with Crippen molar-refractivity contribution in [1.82, 2.24) is 0 Å². The van der Waals surface area contributed by atoms with Crippen molar-refractivity contribution < 1.29 is 22.3 Å². The summed E-state index contributed by atoms with van der Waals surface area (Å²) in [6.07, 6.45) is 13.5. The normalized spacial score (nSPS) is 15.5. The van der Waals surface area contributed by atoms with E-state index in [1.165, 1.54) is 35.4 Å². The summed E-state index contributed by atoms with van der Waals surface area (Å²) in [5.41, 5.74) is 2.97. The van der Waals surface area contributed by atoms with Crippen LogP contribution < -0.4 is 4.74 Å². The van der Waals surface area contributed by atoms with E-state index >= 15 is 8.78 Å². The molecule has 1 atom stereocenters. The number of hydrogen-bond donors (Lipinski definition) is 0. The van der Waals surface area contributed by atoms with E-state index in [4.69, 9.17) is 4.74 Å². The first kappa shape index (κ1) is 28.7. The van der Waals surface area contributed by atoms with Crippen LogP contribution in [0.25, 0.3) is 16.7 Å². The summed E-state index contributed by atoms with van der Waals surface area (Å²) < 4.78 is 64.5. The van der Waals surface area contributed by atoms with Crippen molar-refractivity contribution in [2.75, 3.05) is 6.61 Å². The van der Waals surface area contributed by atoms with Gasteiger partial charge in [-0.3, -0.25) is 0 Å². The Bertz CT molecular complexity index is 1320. The first-order chi connectivity index (χ1) is 18.9. The molecule has 1 aliphatic rings. The van der Waals surface area contributed by atoms with E-state index < -0.39 is 23.3 Å². The Morgan fingerprint density at radius 1 is 0.744 bits per heavy atom. The van der Waals surface area contributed by atoms with Gasteiger partial charge in [-0.05, 0) is 79.7 Å². The van der Waals surface area contributed by atoms with Crippen LogP contribution in [0.5, 0.6) is 5.75 Å². The molecule has 1 aliphatic carbocycles. The molecule has 0 saturated carbocycles. The van der Waals surface area contributed by atoms with E-state index in [0.717, 1.165) is 44.1 Å². The Balaban J connectivity index is 1.39. The molecule has 0 spiro atoms. The zero-order valence-electron chi connectivity index (χ0n) is 22.7. The molecular formula is C34H36F4O. The fourth-order valence-electron chi connectivity index (χ4n) is 5.04. The lowest BCUT2D eigenvalue weighted by Gasteiger charge is -2.20. The van der Waals surface area contributed by atoms with E-state index in [1.54, 1.807) is 0 Å². The Morgan fingerprint density at radius 2 is 1.36 bits per heavy atom. The molecule has 0 saturated heterocycles. The van der Waals surface area contributed by atoms with Gasteiger partial charge in [-0.15, -0.1) is 0 Å². The fourth-order valence-corrected chi connectivity index (χ4v) is 5.04. The smallest absolute Gasteiger partial charge is 0.201 e. The summed E-state index contributed by atoms with van der Waals surface area (Å²) in [5, 5.41) is 0. The van der Waals surface area contributed by atoms with Gasteiger partial charge in [-0.2, -0.15) is 4.39 Å². The third kappa shape index (κ3) is 7.00. The molecule has 0 amide bonds. The summed E-state index contributed by atoms with van der Waals surface area (Å²) in [5.74, 6) is -4.56. The molecule has 0 aliphatic heterocycles. The largest absolute Gasteiger partial charge is 0.490 e. The molecule has 206 valence electrons. The molecule has 0 aromatic heterocycles. The first-order valence-electron chi connectivity index (χ1n) is 14.0. The highest BCUT2D eigenvalue weighted by atomic mass is 19.2. The molecule has 5 heteroatoms. The molecule has 3 aromatic rings. The molecule has 0 radical (unpaired) electrons. The van der Waals surface area contributed by atoms with Crippen molar-refractivity contribution >= 4 is 5.57 Å². The average Bonchev–Trinajstić information content (AvgIpc) is 2.95. The molecule has 0 fully saturated rings. The first-order valence-corrected chi connectivity index (χ1v) is 14.0. The monoisotopic (exact) mass is 536 g/mol. The second kappa shape index (κ2) is 13.6. The van der Waals surface area contributed by atoms with Gasteiger partial charge in [0.25, 0.3) is 0 Å². The molecule has 0 N–H and O–H groups in total. The number of aryl methyl sites for hydroxylation is 2. The summed E-state index contributed by atoms with van der Waals surface area (Å²) >= 11 is 0. The Hall–Kier alpha value is -3.34. The van der Waals surface area contributed by atoms with Gasteiger partial charge in [0, 0.05) is 16.7 Å². The van der Waals surface area contributed by atoms with Gasteiger partial charge in [0.2, 0.25) is 5.82 Å². The summed E-state index contributed by atoms with van der Waals surface area (Å²) in [4.78, 5) is 0. The van der Waals surface area contributed by atoms with E-state index in [0.29, 0.717) is 18.8 Å². The van der Waals surface area contributed by atoms with E-state index in [1.807, 2.05) is 13.0 Å². The van der Waals surface area contributed by atoms with Crippen molar-refractivity contribution in [3.63, 3.8) is 0 Å².